The highest BCUT2D eigenvalue weighted by Gasteiger charge is 2.28. The molecule has 0 radical (unpaired) electrons. The Bertz CT molecular complexity index is 1040. The second kappa shape index (κ2) is 14.2. The third-order valence-electron chi connectivity index (χ3n) is 7.26. The molecule has 6 heteroatoms. The summed E-state index contributed by atoms with van der Waals surface area (Å²) >= 11 is 0. The fourth-order valence-corrected chi connectivity index (χ4v) is 5.00. The van der Waals surface area contributed by atoms with Gasteiger partial charge in [-0.05, 0) is 68.4 Å². The first kappa shape index (κ1) is 28.7. The Morgan fingerprint density at radius 2 is 1.76 bits per heavy atom. The molecule has 0 spiro atoms. The second-order valence-electron chi connectivity index (χ2n) is 10.5. The average molecular weight is 509 g/mol. The van der Waals surface area contributed by atoms with Gasteiger partial charge in [0.2, 0.25) is 0 Å². The summed E-state index contributed by atoms with van der Waals surface area (Å²) in [6.07, 6.45) is 4.68. The van der Waals surface area contributed by atoms with Crippen molar-refractivity contribution in [3.63, 3.8) is 0 Å². The number of aryl methyl sites for hydroxylation is 1. The molecule has 2 aromatic carbocycles. The largest absolute Gasteiger partial charge is 0.491 e. The van der Waals surface area contributed by atoms with Crippen LogP contribution in [0.15, 0.2) is 42.5 Å². The summed E-state index contributed by atoms with van der Waals surface area (Å²) in [6, 6.07) is 13.3. The van der Waals surface area contributed by atoms with E-state index in [1.165, 1.54) is 0 Å². The highest BCUT2D eigenvalue weighted by atomic mass is 16.5. The summed E-state index contributed by atoms with van der Waals surface area (Å²) in [5, 5.41) is 0. The molecule has 202 valence electrons. The Labute approximate surface area is 222 Å². The normalized spacial score (nSPS) is 17.8. The Morgan fingerprint density at radius 3 is 2.49 bits per heavy atom. The molecule has 37 heavy (non-hydrogen) atoms. The predicted molar refractivity (Wildman–Crippen MR) is 148 cm³/mol. The van der Waals surface area contributed by atoms with Gasteiger partial charge < -0.3 is 19.3 Å². The maximum Gasteiger partial charge on any atom is 0.257 e. The van der Waals surface area contributed by atoms with Crippen molar-refractivity contribution in [3.8, 4) is 5.75 Å². The van der Waals surface area contributed by atoms with Crippen molar-refractivity contribution in [1.29, 1.82) is 0 Å². The molecule has 0 N–H and O–H groups in total. The van der Waals surface area contributed by atoms with Gasteiger partial charge in [0.05, 0.1) is 18.2 Å². The van der Waals surface area contributed by atoms with Crippen molar-refractivity contribution >= 4 is 11.8 Å². The van der Waals surface area contributed by atoms with E-state index in [1.54, 1.807) is 7.11 Å². The molecule has 2 amide bonds. The van der Waals surface area contributed by atoms with Gasteiger partial charge in [-0.2, -0.15) is 0 Å². The fourth-order valence-electron chi connectivity index (χ4n) is 5.00. The molecule has 1 heterocycles. The molecule has 1 aliphatic heterocycles. The Balaban J connectivity index is 1.95. The third-order valence-corrected chi connectivity index (χ3v) is 7.26. The lowest BCUT2D eigenvalue weighted by molar-refractivity contribution is 0.0561. The maximum atomic E-state index is 13.9. The SMILES string of the molecule is COCCN1CCCCCCN(C(=O)c2cccc(C)c2C)[C@@H](CC(C)C)COc2ccccc2C1=O. The van der Waals surface area contributed by atoms with Crippen LogP contribution in [0.4, 0.5) is 0 Å². The number of para-hydroxylation sites is 1. The lowest BCUT2D eigenvalue weighted by Gasteiger charge is -2.34. The van der Waals surface area contributed by atoms with E-state index in [9.17, 15) is 9.59 Å². The number of hydrogen-bond donors (Lipinski definition) is 0. The zero-order valence-electron chi connectivity index (χ0n) is 23.3. The quantitative estimate of drug-likeness (QED) is 0.487. The minimum atomic E-state index is -0.0943. The standard InChI is InChI=1S/C31H44N2O4/c1-23(2)21-26-22-37-29-16-9-8-14-28(29)30(34)32(19-20-36-5)17-10-6-7-11-18-33(26)31(35)27-15-12-13-24(3)25(27)4/h8-9,12-16,23,26H,6-7,10-11,17-22H2,1-5H3/t26-/m0/s1. The number of carbonyl (C=O) groups excluding carboxylic acids is 2. The van der Waals surface area contributed by atoms with Crippen LogP contribution in [-0.2, 0) is 4.74 Å². The van der Waals surface area contributed by atoms with Crippen LogP contribution in [0.5, 0.6) is 5.75 Å². The van der Waals surface area contributed by atoms with E-state index < -0.39 is 0 Å². The first-order valence-electron chi connectivity index (χ1n) is 13.7. The van der Waals surface area contributed by atoms with Crippen LogP contribution >= 0.6 is 0 Å². The zero-order chi connectivity index (χ0) is 26.8. The molecule has 1 aliphatic rings. The van der Waals surface area contributed by atoms with Crippen molar-refractivity contribution in [1.82, 2.24) is 9.80 Å². The van der Waals surface area contributed by atoms with Crippen LogP contribution in [0.3, 0.4) is 0 Å². The lowest BCUT2D eigenvalue weighted by Crippen LogP contribution is -2.45. The fraction of sp³-hybridized carbons (Fsp3) is 0.548. The molecule has 0 unspecified atom stereocenters. The maximum absolute atomic E-state index is 13.9. The minimum Gasteiger partial charge on any atom is -0.491 e. The number of amides is 2. The Hall–Kier alpha value is -2.86. The molecular formula is C31H44N2O4. The first-order chi connectivity index (χ1) is 17.8. The number of carbonyl (C=O) groups is 2. The van der Waals surface area contributed by atoms with E-state index in [1.807, 2.05) is 66.1 Å². The zero-order valence-corrected chi connectivity index (χ0v) is 23.3. The van der Waals surface area contributed by atoms with E-state index in [-0.39, 0.29) is 17.9 Å². The van der Waals surface area contributed by atoms with Crippen LogP contribution in [0.2, 0.25) is 0 Å². The molecule has 0 fully saturated rings. The molecule has 0 aliphatic carbocycles. The predicted octanol–water partition coefficient (Wildman–Crippen LogP) is 5.90. The number of benzene rings is 2. The smallest absolute Gasteiger partial charge is 0.257 e. The Kier molecular flexibility index (Phi) is 11.0. The molecule has 6 nitrogen and oxygen atoms in total. The van der Waals surface area contributed by atoms with Crippen molar-refractivity contribution in [3.05, 3.63) is 64.7 Å². The molecule has 1 atom stereocenters. The number of fused-ring (bicyclic) bond motifs is 1. The Morgan fingerprint density at radius 1 is 1.03 bits per heavy atom. The van der Waals surface area contributed by atoms with E-state index in [4.69, 9.17) is 9.47 Å². The summed E-state index contributed by atoms with van der Waals surface area (Å²) in [4.78, 5) is 31.4. The molecule has 0 saturated heterocycles. The highest BCUT2D eigenvalue weighted by molar-refractivity contribution is 5.97. The van der Waals surface area contributed by atoms with E-state index in [0.29, 0.717) is 50.1 Å². The van der Waals surface area contributed by atoms with Crippen molar-refractivity contribution in [2.45, 2.75) is 65.8 Å². The van der Waals surface area contributed by atoms with Crippen LogP contribution < -0.4 is 4.74 Å². The second-order valence-corrected chi connectivity index (χ2v) is 10.5. The average Bonchev–Trinajstić information content (AvgIpc) is 2.88. The van der Waals surface area contributed by atoms with Gasteiger partial charge in [0.25, 0.3) is 11.8 Å². The molecule has 0 aromatic heterocycles. The molecule has 3 rings (SSSR count). The molecule has 2 aromatic rings. The first-order valence-corrected chi connectivity index (χ1v) is 13.7. The van der Waals surface area contributed by atoms with Crippen molar-refractivity contribution < 1.29 is 19.1 Å². The number of nitrogens with zero attached hydrogens (tertiary/aromatic N) is 2. The van der Waals surface area contributed by atoms with Gasteiger partial charge in [-0.25, -0.2) is 0 Å². The third kappa shape index (κ3) is 7.81. The van der Waals surface area contributed by atoms with Crippen molar-refractivity contribution in [2.75, 3.05) is 40.0 Å². The highest BCUT2D eigenvalue weighted by Crippen LogP contribution is 2.25. The summed E-state index contributed by atoms with van der Waals surface area (Å²) in [5.74, 6) is 0.994. The summed E-state index contributed by atoms with van der Waals surface area (Å²) < 4.78 is 11.6. The van der Waals surface area contributed by atoms with E-state index >= 15 is 0 Å². The van der Waals surface area contributed by atoms with Gasteiger partial charge in [0.1, 0.15) is 12.4 Å². The molecule has 0 saturated carbocycles. The number of methoxy groups -OCH3 is 1. The number of ether oxygens (including phenoxy) is 2. The van der Waals surface area contributed by atoms with E-state index in [0.717, 1.165) is 48.8 Å². The summed E-state index contributed by atoms with van der Waals surface area (Å²) in [5.41, 5.74) is 3.48. The number of rotatable bonds is 6. The minimum absolute atomic E-state index is 0.0339. The molecular weight excluding hydrogens is 464 g/mol. The van der Waals surface area contributed by atoms with Gasteiger partial charge in [0, 0.05) is 32.3 Å². The topological polar surface area (TPSA) is 59.1 Å². The summed E-state index contributed by atoms with van der Waals surface area (Å²) in [7, 11) is 1.66. The van der Waals surface area contributed by atoms with E-state index in [2.05, 4.69) is 13.8 Å². The monoisotopic (exact) mass is 508 g/mol. The summed E-state index contributed by atoms with van der Waals surface area (Å²) in [6.45, 7) is 11.2. The van der Waals surface area contributed by atoms with Crippen LogP contribution in [0.1, 0.15) is 77.8 Å². The number of hydrogen-bond acceptors (Lipinski definition) is 4. The van der Waals surface area contributed by atoms with Gasteiger partial charge in [-0.1, -0.05) is 51.0 Å². The van der Waals surface area contributed by atoms with Gasteiger partial charge >= 0.3 is 0 Å². The van der Waals surface area contributed by atoms with Crippen molar-refractivity contribution in [2.24, 2.45) is 5.92 Å². The van der Waals surface area contributed by atoms with Crippen LogP contribution in [0.25, 0.3) is 0 Å². The van der Waals surface area contributed by atoms with Crippen LogP contribution in [0, 0.1) is 19.8 Å². The molecule has 0 bridgehead atoms. The van der Waals surface area contributed by atoms with Gasteiger partial charge in [-0.15, -0.1) is 0 Å². The van der Waals surface area contributed by atoms with Gasteiger partial charge in [0.15, 0.2) is 0 Å². The lowest BCUT2D eigenvalue weighted by atomic mass is 9.98. The van der Waals surface area contributed by atoms with Crippen LogP contribution in [-0.4, -0.2) is 67.6 Å². The van der Waals surface area contributed by atoms with Gasteiger partial charge in [-0.3, -0.25) is 9.59 Å².